The number of anilines is 1. The minimum Gasteiger partial charge on any atom is -0.329 e. The molecule has 0 saturated heterocycles. The minimum absolute atomic E-state index is 0.231. The Labute approximate surface area is 106 Å². The predicted molar refractivity (Wildman–Crippen MR) is 68.0 cm³/mol. The predicted octanol–water partition coefficient (Wildman–Crippen LogP) is 1.47. The van der Waals surface area contributed by atoms with Crippen molar-refractivity contribution in [2.24, 2.45) is 0 Å². The third-order valence-corrected chi connectivity index (χ3v) is 4.50. The first-order valence-electron chi connectivity index (χ1n) is 5.17. The summed E-state index contributed by atoms with van der Waals surface area (Å²) in [5.41, 5.74) is 0. The summed E-state index contributed by atoms with van der Waals surface area (Å²) in [5, 5.41) is 11.5. The molecule has 0 aliphatic rings. The SMILES string of the molecule is CC(C)(C)S(=O)(=O)/C(C#N)=C/Nc1ncccn1. The summed E-state index contributed by atoms with van der Waals surface area (Å²) in [6.45, 7) is 4.60. The van der Waals surface area contributed by atoms with Gasteiger partial charge in [0.1, 0.15) is 6.07 Å². The molecule has 18 heavy (non-hydrogen) atoms. The van der Waals surface area contributed by atoms with Crippen LogP contribution in [0.15, 0.2) is 29.6 Å². The Morgan fingerprint density at radius 1 is 1.39 bits per heavy atom. The second-order valence-electron chi connectivity index (χ2n) is 4.45. The smallest absolute Gasteiger partial charge is 0.226 e. The van der Waals surface area contributed by atoms with Crippen LogP contribution in [-0.2, 0) is 9.84 Å². The zero-order valence-electron chi connectivity index (χ0n) is 10.4. The molecule has 1 heterocycles. The van der Waals surface area contributed by atoms with Crippen LogP contribution in [-0.4, -0.2) is 23.1 Å². The van der Waals surface area contributed by atoms with Crippen molar-refractivity contribution >= 4 is 15.8 Å². The first-order chi connectivity index (χ1) is 8.29. The van der Waals surface area contributed by atoms with E-state index in [0.717, 1.165) is 6.20 Å². The highest BCUT2D eigenvalue weighted by molar-refractivity contribution is 7.96. The molecule has 0 amide bonds. The quantitative estimate of drug-likeness (QED) is 0.832. The number of sulfone groups is 1. The van der Waals surface area contributed by atoms with E-state index in [0.29, 0.717) is 0 Å². The highest BCUT2D eigenvalue weighted by atomic mass is 32.2. The van der Waals surface area contributed by atoms with E-state index in [4.69, 9.17) is 5.26 Å². The fourth-order valence-electron chi connectivity index (χ4n) is 1.00. The molecule has 1 aromatic rings. The molecule has 0 bridgehead atoms. The molecule has 1 aromatic heterocycles. The van der Waals surface area contributed by atoms with Gasteiger partial charge in [-0.05, 0) is 26.8 Å². The maximum absolute atomic E-state index is 12.0. The fraction of sp³-hybridized carbons (Fsp3) is 0.364. The van der Waals surface area contributed by atoms with Gasteiger partial charge in [-0.3, -0.25) is 0 Å². The summed E-state index contributed by atoms with van der Waals surface area (Å²) >= 11 is 0. The summed E-state index contributed by atoms with van der Waals surface area (Å²) in [5.74, 6) is 0.231. The first-order valence-corrected chi connectivity index (χ1v) is 6.66. The summed E-state index contributed by atoms with van der Waals surface area (Å²) in [7, 11) is -3.68. The van der Waals surface area contributed by atoms with E-state index in [9.17, 15) is 8.42 Å². The van der Waals surface area contributed by atoms with Crippen molar-refractivity contribution in [3.8, 4) is 6.07 Å². The van der Waals surface area contributed by atoms with Gasteiger partial charge in [0.15, 0.2) is 14.7 Å². The monoisotopic (exact) mass is 266 g/mol. The van der Waals surface area contributed by atoms with Crippen LogP contribution in [0.25, 0.3) is 0 Å². The molecule has 0 spiro atoms. The number of hydrogen-bond donors (Lipinski definition) is 1. The Balaban J connectivity index is 3.04. The maximum atomic E-state index is 12.0. The van der Waals surface area contributed by atoms with Crippen molar-refractivity contribution in [2.45, 2.75) is 25.5 Å². The number of allylic oxidation sites excluding steroid dienone is 1. The number of rotatable bonds is 3. The topological polar surface area (TPSA) is 95.7 Å². The fourth-order valence-corrected chi connectivity index (χ4v) is 2.00. The van der Waals surface area contributed by atoms with E-state index < -0.39 is 14.6 Å². The zero-order chi connectivity index (χ0) is 13.8. The van der Waals surface area contributed by atoms with E-state index in [1.165, 1.54) is 33.2 Å². The third-order valence-electron chi connectivity index (χ3n) is 2.10. The summed E-state index contributed by atoms with van der Waals surface area (Å²) in [6.07, 6.45) is 4.12. The number of hydrogen-bond acceptors (Lipinski definition) is 6. The minimum atomic E-state index is -3.68. The largest absolute Gasteiger partial charge is 0.329 e. The number of nitrogens with one attached hydrogen (secondary N) is 1. The molecule has 1 rings (SSSR count). The van der Waals surface area contributed by atoms with Gasteiger partial charge in [0.2, 0.25) is 5.95 Å². The molecule has 0 unspecified atom stereocenters. The van der Waals surface area contributed by atoms with Crippen LogP contribution in [0.3, 0.4) is 0 Å². The number of aromatic nitrogens is 2. The Hall–Kier alpha value is -1.94. The Bertz CT molecular complexity index is 580. The summed E-state index contributed by atoms with van der Waals surface area (Å²) < 4.78 is 23.0. The molecular formula is C11H14N4O2S. The van der Waals surface area contributed by atoms with Gasteiger partial charge in [-0.25, -0.2) is 18.4 Å². The Morgan fingerprint density at radius 3 is 2.39 bits per heavy atom. The van der Waals surface area contributed by atoms with Crippen LogP contribution in [0.5, 0.6) is 0 Å². The van der Waals surface area contributed by atoms with E-state index in [-0.39, 0.29) is 10.9 Å². The van der Waals surface area contributed by atoms with Crippen molar-refractivity contribution in [3.63, 3.8) is 0 Å². The van der Waals surface area contributed by atoms with Crippen LogP contribution >= 0.6 is 0 Å². The molecule has 0 atom stereocenters. The van der Waals surface area contributed by atoms with Gasteiger partial charge >= 0.3 is 0 Å². The van der Waals surface area contributed by atoms with Gasteiger partial charge in [-0.1, -0.05) is 0 Å². The van der Waals surface area contributed by atoms with Gasteiger partial charge in [0, 0.05) is 18.6 Å². The van der Waals surface area contributed by atoms with Gasteiger partial charge in [-0.2, -0.15) is 5.26 Å². The molecule has 0 aromatic carbocycles. The van der Waals surface area contributed by atoms with Gasteiger partial charge in [-0.15, -0.1) is 0 Å². The van der Waals surface area contributed by atoms with E-state index in [2.05, 4.69) is 15.3 Å². The van der Waals surface area contributed by atoms with Gasteiger partial charge < -0.3 is 5.32 Å². The lowest BCUT2D eigenvalue weighted by Gasteiger charge is -2.18. The molecule has 0 saturated carbocycles. The molecular weight excluding hydrogens is 252 g/mol. The number of nitrogens with zero attached hydrogens (tertiary/aromatic N) is 3. The molecule has 7 heteroatoms. The van der Waals surface area contributed by atoms with Crippen LogP contribution in [0, 0.1) is 11.3 Å². The van der Waals surface area contributed by atoms with E-state index in [1.54, 1.807) is 12.1 Å². The van der Waals surface area contributed by atoms with Gasteiger partial charge in [0.05, 0.1) is 4.75 Å². The standard InChI is InChI=1S/C11H14N4O2S/c1-11(2,3)18(16,17)9(7-12)8-15-10-13-5-4-6-14-10/h4-6,8H,1-3H3,(H,13,14,15)/b9-8+. The summed E-state index contributed by atoms with van der Waals surface area (Å²) in [6, 6.07) is 3.31. The van der Waals surface area contributed by atoms with E-state index >= 15 is 0 Å². The maximum Gasteiger partial charge on any atom is 0.226 e. The average Bonchev–Trinajstić information content (AvgIpc) is 2.29. The van der Waals surface area contributed by atoms with Crippen molar-refractivity contribution in [2.75, 3.05) is 5.32 Å². The molecule has 1 N–H and O–H groups in total. The highest BCUT2D eigenvalue weighted by Crippen LogP contribution is 2.22. The Kier molecular flexibility index (Phi) is 4.03. The molecule has 0 aliphatic heterocycles. The van der Waals surface area contributed by atoms with Crippen molar-refractivity contribution in [1.82, 2.24) is 9.97 Å². The van der Waals surface area contributed by atoms with Crippen LogP contribution < -0.4 is 5.32 Å². The molecule has 0 fully saturated rings. The Morgan fingerprint density at radius 2 is 1.94 bits per heavy atom. The van der Waals surface area contributed by atoms with Crippen LogP contribution in [0.2, 0.25) is 0 Å². The lowest BCUT2D eigenvalue weighted by Crippen LogP contribution is -2.29. The van der Waals surface area contributed by atoms with Crippen molar-refractivity contribution < 1.29 is 8.42 Å². The second-order valence-corrected chi connectivity index (χ2v) is 7.12. The second kappa shape index (κ2) is 5.14. The zero-order valence-corrected chi connectivity index (χ0v) is 11.2. The molecule has 6 nitrogen and oxygen atoms in total. The lowest BCUT2D eigenvalue weighted by atomic mass is 10.3. The molecule has 0 aliphatic carbocycles. The van der Waals surface area contributed by atoms with Crippen molar-refractivity contribution in [1.29, 1.82) is 5.26 Å². The average molecular weight is 266 g/mol. The number of nitriles is 1. The lowest BCUT2D eigenvalue weighted by molar-refractivity contribution is 0.568. The molecule has 96 valence electrons. The van der Waals surface area contributed by atoms with Crippen molar-refractivity contribution in [3.05, 3.63) is 29.6 Å². The van der Waals surface area contributed by atoms with E-state index in [1.807, 2.05) is 0 Å². The van der Waals surface area contributed by atoms with Crippen LogP contribution in [0.4, 0.5) is 5.95 Å². The normalized spacial score (nSPS) is 12.9. The third kappa shape index (κ3) is 3.05. The first kappa shape index (κ1) is 14.1. The summed E-state index contributed by atoms with van der Waals surface area (Å²) in [4.78, 5) is 7.37. The van der Waals surface area contributed by atoms with Gasteiger partial charge in [0.25, 0.3) is 0 Å². The van der Waals surface area contributed by atoms with Crippen LogP contribution in [0.1, 0.15) is 20.8 Å². The highest BCUT2D eigenvalue weighted by Gasteiger charge is 2.33. The molecule has 0 radical (unpaired) electrons.